The Hall–Kier alpha value is -5.69. The molecule has 5 aromatic rings. The Morgan fingerprint density at radius 1 is 1.00 bits per heavy atom. The topological polar surface area (TPSA) is 175 Å². The minimum Gasteiger partial charge on any atom is -0.458 e. The van der Waals surface area contributed by atoms with Gasteiger partial charge in [-0.25, -0.2) is 14.6 Å². The van der Waals surface area contributed by atoms with E-state index in [-0.39, 0.29) is 60.1 Å². The largest absolute Gasteiger partial charge is 0.519 e. The Morgan fingerprint density at radius 3 is 2.40 bits per heavy atom. The monoisotopic (exact) mass is 725 g/mol. The highest BCUT2D eigenvalue weighted by Crippen LogP contribution is 2.54. The van der Waals surface area contributed by atoms with Gasteiger partial charge in [0, 0.05) is 35.3 Å². The maximum Gasteiger partial charge on any atom is 0.519 e. The average molecular weight is 726 g/mol. The number of non-ortho nitro benzene ring substituents is 1. The van der Waals surface area contributed by atoms with Crippen molar-refractivity contribution in [1.29, 1.82) is 0 Å². The number of esters is 1. The van der Waals surface area contributed by atoms with Crippen LogP contribution in [0.1, 0.15) is 48.1 Å². The molecule has 2 aliphatic heterocycles. The molecule has 0 saturated carbocycles. The van der Waals surface area contributed by atoms with Crippen LogP contribution in [0.2, 0.25) is 0 Å². The predicted molar refractivity (Wildman–Crippen MR) is 187 cm³/mol. The van der Waals surface area contributed by atoms with Gasteiger partial charge in [-0.05, 0) is 60.4 Å². The Balaban J connectivity index is 1.22. The predicted octanol–water partition coefficient (Wildman–Crippen LogP) is 7.19. The highest BCUT2D eigenvalue weighted by molar-refractivity contribution is 7.53. The lowest BCUT2D eigenvalue weighted by molar-refractivity contribution is -0.384. The number of aromatic nitrogens is 2. The molecule has 0 fully saturated rings. The number of hydrogen-bond acceptors (Lipinski definition) is 12. The molecule has 0 amide bonds. The van der Waals surface area contributed by atoms with Crippen LogP contribution >= 0.6 is 7.60 Å². The molecule has 2 unspecified atom stereocenters. The summed E-state index contributed by atoms with van der Waals surface area (Å²) >= 11 is 0. The van der Waals surface area contributed by atoms with E-state index in [9.17, 15) is 29.1 Å². The van der Waals surface area contributed by atoms with E-state index < -0.39 is 30.2 Å². The van der Waals surface area contributed by atoms with Crippen LogP contribution in [0, 0.1) is 10.1 Å². The molecular weight excluding hydrogens is 693 g/mol. The van der Waals surface area contributed by atoms with Gasteiger partial charge in [0.25, 0.3) is 11.2 Å². The van der Waals surface area contributed by atoms with Crippen LogP contribution < -0.4 is 15.0 Å². The first-order valence-corrected chi connectivity index (χ1v) is 18.4. The first-order valence-electron chi connectivity index (χ1n) is 16.4. The second kappa shape index (κ2) is 13.5. The molecule has 52 heavy (non-hydrogen) atoms. The maximum atomic E-state index is 14.1. The molecule has 0 radical (unpaired) electrons. The van der Waals surface area contributed by atoms with Crippen molar-refractivity contribution in [2.45, 2.75) is 52.0 Å². The third-order valence-electron chi connectivity index (χ3n) is 9.18. The molecule has 0 spiro atoms. The van der Waals surface area contributed by atoms with Gasteiger partial charge >= 0.3 is 19.7 Å². The highest BCUT2D eigenvalue weighted by Gasteiger charge is 2.51. The van der Waals surface area contributed by atoms with Crippen LogP contribution in [0.3, 0.4) is 0 Å². The number of nitro benzene ring substituents is 1. The van der Waals surface area contributed by atoms with Crippen LogP contribution in [0.5, 0.6) is 11.5 Å². The van der Waals surface area contributed by atoms with Crippen LogP contribution in [0.25, 0.3) is 22.3 Å². The Kier molecular flexibility index (Phi) is 8.99. The molecule has 266 valence electrons. The molecule has 2 aliphatic rings. The van der Waals surface area contributed by atoms with E-state index in [1.165, 1.54) is 30.9 Å². The minimum absolute atomic E-state index is 0.0128. The van der Waals surface area contributed by atoms with E-state index >= 15 is 0 Å². The summed E-state index contributed by atoms with van der Waals surface area (Å²) in [5.41, 5.74) is 2.05. The summed E-state index contributed by atoms with van der Waals surface area (Å²) < 4.78 is 43.2. The number of aryl methyl sites for hydroxylation is 1. The first-order chi connectivity index (χ1) is 24.9. The summed E-state index contributed by atoms with van der Waals surface area (Å²) in [4.78, 5) is 55.5. The van der Waals surface area contributed by atoms with Gasteiger partial charge < -0.3 is 23.3 Å². The number of ether oxygens (including phenoxy) is 3. The molecule has 0 bridgehead atoms. The average Bonchev–Trinajstić information content (AvgIpc) is 3.50. The number of carbonyl (C=O) groups is 2. The highest BCUT2D eigenvalue weighted by atomic mass is 31.2. The van der Waals surface area contributed by atoms with Gasteiger partial charge in [0.05, 0.1) is 40.5 Å². The van der Waals surface area contributed by atoms with Gasteiger partial charge in [-0.1, -0.05) is 44.2 Å². The normalized spacial score (nSPS) is 17.0. The number of carbonyl (C=O) groups excluding carboxylic acids is 2. The molecule has 2 atom stereocenters. The molecule has 3 aromatic carbocycles. The lowest BCUT2D eigenvalue weighted by atomic mass is 9.86. The summed E-state index contributed by atoms with van der Waals surface area (Å²) in [5, 5.41) is 11.6. The van der Waals surface area contributed by atoms with Crippen molar-refractivity contribution >= 4 is 36.3 Å². The number of pyridine rings is 2. The molecule has 14 nitrogen and oxygen atoms in total. The van der Waals surface area contributed by atoms with Crippen molar-refractivity contribution in [3.8, 4) is 22.9 Å². The summed E-state index contributed by atoms with van der Waals surface area (Å²) in [6.45, 7) is 4.84. The SMILES string of the molecule is CCc1c2c(nc3ccc(OC(=O)Oc4ccc([N+](=O)[O-])cc4)cc13)-c1cc3c(c(=O)n1C2)COC(=O)C3(CC)OP(C)(=O)OCc1ccccc1. The molecule has 15 heteroatoms. The molecule has 0 aliphatic carbocycles. The summed E-state index contributed by atoms with van der Waals surface area (Å²) in [6, 6.07) is 20.7. The van der Waals surface area contributed by atoms with Gasteiger partial charge in [-0.3, -0.25) is 24.0 Å². The van der Waals surface area contributed by atoms with Gasteiger partial charge in [0.2, 0.25) is 0 Å². The summed E-state index contributed by atoms with van der Waals surface area (Å²) in [5.74, 6) is -0.518. The number of fused-ring (bicyclic) bond motifs is 5. The van der Waals surface area contributed by atoms with Crippen LogP contribution in [-0.2, 0) is 54.9 Å². The Bertz CT molecular complexity index is 2380. The number of cyclic esters (lactones) is 1. The van der Waals surface area contributed by atoms with Gasteiger partial charge in [-0.2, -0.15) is 0 Å². The van der Waals surface area contributed by atoms with Gasteiger partial charge in [-0.15, -0.1) is 0 Å². The van der Waals surface area contributed by atoms with Crippen LogP contribution in [-0.4, -0.2) is 33.3 Å². The molecule has 0 saturated heterocycles. The lowest BCUT2D eigenvalue weighted by Crippen LogP contribution is -2.46. The van der Waals surface area contributed by atoms with E-state index in [1.807, 2.05) is 37.3 Å². The third-order valence-corrected chi connectivity index (χ3v) is 10.4. The van der Waals surface area contributed by atoms with E-state index in [0.717, 1.165) is 16.7 Å². The van der Waals surface area contributed by atoms with Crippen LogP contribution in [0.4, 0.5) is 10.5 Å². The zero-order valence-corrected chi connectivity index (χ0v) is 29.2. The van der Waals surface area contributed by atoms with E-state index in [1.54, 1.807) is 35.8 Å². The second-order valence-corrected chi connectivity index (χ2v) is 14.3. The van der Waals surface area contributed by atoms with Crippen molar-refractivity contribution < 1.29 is 42.3 Å². The van der Waals surface area contributed by atoms with E-state index in [2.05, 4.69) is 0 Å². The Labute approximate surface area is 296 Å². The molecule has 4 heterocycles. The van der Waals surface area contributed by atoms with Crippen LogP contribution in [0.15, 0.2) is 83.7 Å². The quantitative estimate of drug-likeness (QED) is 0.0457. The van der Waals surface area contributed by atoms with E-state index in [0.29, 0.717) is 28.7 Å². The smallest absolute Gasteiger partial charge is 0.458 e. The molecule has 7 rings (SSSR count). The summed E-state index contributed by atoms with van der Waals surface area (Å²) in [7, 11) is -3.88. The maximum absolute atomic E-state index is 14.1. The zero-order valence-electron chi connectivity index (χ0n) is 28.3. The van der Waals surface area contributed by atoms with Crippen molar-refractivity contribution in [3.05, 3.63) is 127 Å². The summed E-state index contributed by atoms with van der Waals surface area (Å²) in [6.07, 6.45) is -0.477. The van der Waals surface area contributed by atoms with Crippen molar-refractivity contribution in [2.24, 2.45) is 0 Å². The fourth-order valence-corrected chi connectivity index (χ4v) is 7.98. The third kappa shape index (κ3) is 6.25. The minimum atomic E-state index is -3.88. The number of benzene rings is 3. The molecule has 0 N–H and O–H groups in total. The zero-order chi connectivity index (χ0) is 36.8. The number of nitrogens with zero attached hydrogens (tertiary/aromatic N) is 3. The first kappa shape index (κ1) is 34.7. The van der Waals surface area contributed by atoms with Gasteiger partial charge in [0.1, 0.15) is 18.1 Å². The molecular formula is C37H32N3O11P. The number of rotatable bonds is 10. The van der Waals surface area contributed by atoms with Crippen molar-refractivity contribution in [1.82, 2.24) is 9.55 Å². The standard InChI is InChI=1S/C37H32N3O11P/c1-4-26-27-17-25(50-36(43)49-24-13-11-23(12-14-24)40(44)45)15-16-31(27)38-33-28(26)19-39-32(33)18-30-29(34(39)41)21-47-35(42)37(30,5-2)51-52(3,46)48-20-22-9-7-6-8-10-22/h6-18H,4-5,19-21H2,1-3H3. The number of nitro groups is 1. The van der Waals surface area contributed by atoms with Crippen molar-refractivity contribution in [2.75, 3.05) is 6.66 Å². The fourth-order valence-electron chi connectivity index (χ4n) is 6.67. The Morgan fingerprint density at radius 2 is 1.71 bits per heavy atom. The van der Waals surface area contributed by atoms with E-state index in [4.69, 9.17) is 28.2 Å². The second-order valence-electron chi connectivity index (χ2n) is 12.3. The molecule has 2 aromatic heterocycles. The van der Waals surface area contributed by atoms with Crippen molar-refractivity contribution in [3.63, 3.8) is 0 Å². The number of hydrogen-bond donors (Lipinski definition) is 0. The lowest BCUT2D eigenvalue weighted by Gasteiger charge is -2.37. The van der Waals surface area contributed by atoms with Gasteiger partial charge in [0.15, 0.2) is 5.60 Å². The fraction of sp³-hybridized carbons (Fsp3) is 0.243.